The lowest BCUT2D eigenvalue weighted by molar-refractivity contribution is -0.119. The summed E-state index contributed by atoms with van der Waals surface area (Å²) in [7, 11) is 1.59. The molecule has 0 bridgehead atoms. The van der Waals surface area contributed by atoms with Crippen molar-refractivity contribution in [3.8, 4) is 28.4 Å². The van der Waals surface area contributed by atoms with Crippen molar-refractivity contribution in [1.29, 1.82) is 0 Å². The molecule has 2 fully saturated rings. The summed E-state index contributed by atoms with van der Waals surface area (Å²) in [4.78, 5) is 38.3. The molecular weight excluding hydrogens is 618 g/mol. The van der Waals surface area contributed by atoms with Gasteiger partial charge in [-0.15, -0.1) is 0 Å². The maximum atomic E-state index is 13.1. The van der Waals surface area contributed by atoms with E-state index in [2.05, 4.69) is 31.2 Å². The van der Waals surface area contributed by atoms with Gasteiger partial charge in [-0.2, -0.15) is 0 Å². The minimum absolute atomic E-state index is 0.0956. The van der Waals surface area contributed by atoms with Gasteiger partial charge in [0.25, 0.3) is 5.91 Å². The molecular formula is C35H38ClN7O4. The second kappa shape index (κ2) is 15.0. The van der Waals surface area contributed by atoms with Crippen LogP contribution in [-0.2, 0) is 22.6 Å². The maximum absolute atomic E-state index is 13.1. The van der Waals surface area contributed by atoms with Crippen molar-refractivity contribution in [2.75, 3.05) is 32.1 Å². The summed E-state index contributed by atoms with van der Waals surface area (Å²) in [5, 5.41) is 13.1. The smallest absolute Gasteiger partial charge is 0.274 e. The van der Waals surface area contributed by atoms with Crippen LogP contribution >= 0.6 is 11.6 Å². The van der Waals surface area contributed by atoms with Gasteiger partial charge in [0.2, 0.25) is 11.8 Å². The summed E-state index contributed by atoms with van der Waals surface area (Å²) in [6, 6.07) is 15.1. The Kier molecular flexibility index (Phi) is 10.4. The molecule has 5 heterocycles. The summed E-state index contributed by atoms with van der Waals surface area (Å²) in [5.74, 6) is 0.277. The molecule has 0 spiro atoms. The maximum Gasteiger partial charge on any atom is 0.274 e. The van der Waals surface area contributed by atoms with E-state index in [1.54, 1.807) is 25.6 Å². The van der Waals surface area contributed by atoms with Gasteiger partial charge in [-0.3, -0.25) is 19.6 Å². The molecule has 0 radical (unpaired) electrons. The van der Waals surface area contributed by atoms with Crippen LogP contribution < -0.4 is 26.0 Å². The first-order chi connectivity index (χ1) is 22.9. The number of halogens is 1. The van der Waals surface area contributed by atoms with Crippen LogP contribution in [-0.4, -0.2) is 65.7 Å². The first kappa shape index (κ1) is 32.5. The molecule has 2 aliphatic heterocycles. The van der Waals surface area contributed by atoms with Gasteiger partial charge >= 0.3 is 0 Å². The van der Waals surface area contributed by atoms with Gasteiger partial charge in [0.05, 0.1) is 29.6 Å². The minimum atomic E-state index is -0.306. The van der Waals surface area contributed by atoms with Gasteiger partial charge in [-0.25, -0.2) is 4.98 Å². The van der Waals surface area contributed by atoms with Crippen LogP contribution in [0.2, 0.25) is 5.02 Å². The van der Waals surface area contributed by atoms with Crippen molar-refractivity contribution in [3.05, 3.63) is 88.3 Å². The number of methoxy groups -OCH3 is 1. The fraction of sp³-hybridized carbons (Fsp3) is 0.343. The number of nitrogens with zero attached hydrogens (tertiary/aromatic N) is 3. The first-order valence-corrected chi connectivity index (χ1v) is 16.1. The summed E-state index contributed by atoms with van der Waals surface area (Å²) < 4.78 is 11.0. The van der Waals surface area contributed by atoms with Crippen LogP contribution in [0.5, 0.6) is 5.88 Å². The number of aromatic nitrogens is 3. The fourth-order valence-corrected chi connectivity index (χ4v) is 5.98. The van der Waals surface area contributed by atoms with E-state index in [9.17, 15) is 9.59 Å². The monoisotopic (exact) mass is 655 g/mol. The van der Waals surface area contributed by atoms with E-state index >= 15 is 0 Å². The van der Waals surface area contributed by atoms with Crippen molar-refractivity contribution >= 4 is 29.1 Å². The molecule has 47 heavy (non-hydrogen) atoms. The molecule has 6 rings (SSSR count). The predicted octanol–water partition coefficient (Wildman–Crippen LogP) is 4.68. The first-order valence-electron chi connectivity index (χ1n) is 15.8. The zero-order chi connectivity index (χ0) is 32.8. The summed E-state index contributed by atoms with van der Waals surface area (Å²) in [5.41, 5.74) is 6.37. The Labute approximate surface area is 278 Å². The van der Waals surface area contributed by atoms with E-state index < -0.39 is 0 Å². The average Bonchev–Trinajstić information content (AvgIpc) is 3.48. The number of hydrogen-bond acceptors (Lipinski definition) is 9. The molecule has 12 heteroatoms. The largest absolute Gasteiger partial charge is 0.481 e. The number of anilines is 1. The van der Waals surface area contributed by atoms with Crippen molar-refractivity contribution in [2.45, 2.75) is 51.4 Å². The van der Waals surface area contributed by atoms with Crippen LogP contribution in [0.3, 0.4) is 0 Å². The van der Waals surface area contributed by atoms with Gasteiger partial charge in [-0.1, -0.05) is 35.9 Å². The Morgan fingerprint density at radius 2 is 1.89 bits per heavy atom. The highest BCUT2D eigenvalue weighted by molar-refractivity contribution is 6.35. The lowest BCUT2D eigenvalue weighted by Crippen LogP contribution is -2.36. The molecule has 244 valence electrons. The van der Waals surface area contributed by atoms with E-state index in [4.69, 9.17) is 26.1 Å². The van der Waals surface area contributed by atoms with E-state index in [-0.39, 0.29) is 17.9 Å². The zero-order valence-electron chi connectivity index (χ0n) is 26.4. The van der Waals surface area contributed by atoms with Crippen LogP contribution in [0.15, 0.2) is 60.9 Å². The summed E-state index contributed by atoms with van der Waals surface area (Å²) in [6.45, 7) is 5.44. The molecule has 0 saturated carbocycles. The molecule has 2 amide bonds. The Bertz CT molecular complexity index is 1750. The molecule has 11 nitrogen and oxygen atoms in total. The molecule has 1 unspecified atom stereocenters. The van der Waals surface area contributed by atoms with Crippen LogP contribution in [0.25, 0.3) is 22.5 Å². The van der Waals surface area contributed by atoms with Crippen molar-refractivity contribution < 1.29 is 19.1 Å². The van der Waals surface area contributed by atoms with Crippen molar-refractivity contribution in [1.82, 2.24) is 30.9 Å². The van der Waals surface area contributed by atoms with E-state index in [0.717, 1.165) is 48.2 Å². The lowest BCUT2D eigenvalue weighted by atomic mass is 10.0. The van der Waals surface area contributed by atoms with E-state index in [1.165, 1.54) is 0 Å². The SMILES string of the molecule is COc1nc(-c2ccnc(-c3cccc(NC(=O)c4ccc(CNCC5CCO5)cn4)c3C)c2Cl)ccc1CNC[C@H]1CCC(=O)N1. The number of carbonyl (C=O) groups excluding carboxylic acids is 2. The predicted molar refractivity (Wildman–Crippen MR) is 180 cm³/mol. The molecule has 2 atom stereocenters. The number of benzene rings is 1. The highest BCUT2D eigenvalue weighted by atomic mass is 35.5. The van der Waals surface area contributed by atoms with Gasteiger partial charge in [0.15, 0.2) is 0 Å². The second-order valence-electron chi connectivity index (χ2n) is 11.7. The van der Waals surface area contributed by atoms with Gasteiger partial charge in [-0.05, 0) is 55.2 Å². The quantitative estimate of drug-likeness (QED) is 0.162. The molecule has 1 aromatic carbocycles. The van der Waals surface area contributed by atoms with Crippen LogP contribution in [0.1, 0.15) is 46.4 Å². The molecule has 4 aromatic rings. The summed E-state index contributed by atoms with van der Waals surface area (Å²) in [6.07, 6.45) is 6.19. The normalized spacial score (nSPS) is 17.2. The standard InChI is InChI=1S/C35H38ClN7O4/c1-21-26(4-3-5-28(21)42-34(45)30-9-6-22(17-40-30)16-37-20-25-13-15-47-25)33-32(36)27(12-14-39-33)29-10-7-23(35(43-29)46-2)18-38-19-24-8-11-31(44)41-24/h3-7,9-10,12,14,17,24-25,37-38H,8,11,13,15-16,18-20H2,1-2H3,(H,41,44)(H,42,45)/t24-,25?/m1/s1. The highest BCUT2D eigenvalue weighted by Crippen LogP contribution is 2.38. The Morgan fingerprint density at radius 3 is 2.62 bits per heavy atom. The third-order valence-corrected chi connectivity index (χ3v) is 8.86. The summed E-state index contributed by atoms with van der Waals surface area (Å²) >= 11 is 6.99. The fourth-order valence-electron chi connectivity index (χ4n) is 5.67. The number of amides is 2. The second-order valence-corrected chi connectivity index (χ2v) is 12.1. The molecule has 2 saturated heterocycles. The molecule has 3 aromatic heterocycles. The van der Waals surface area contributed by atoms with Gasteiger partial charge < -0.3 is 30.7 Å². The zero-order valence-corrected chi connectivity index (χ0v) is 27.2. The number of rotatable bonds is 13. The lowest BCUT2D eigenvalue weighted by Gasteiger charge is -2.26. The Balaban J connectivity index is 1.14. The average molecular weight is 656 g/mol. The topological polar surface area (TPSA) is 139 Å². The number of pyridine rings is 3. The Hall–Kier alpha value is -4.42. The third kappa shape index (κ3) is 7.77. The van der Waals surface area contributed by atoms with E-state index in [1.807, 2.05) is 49.4 Å². The molecule has 4 N–H and O–H groups in total. The third-order valence-electron chi connectivity index (χ3n) is 8.48. The van der Waals surface area contributed by atoms with Gasteiger partial charge in [0, 0.05) is 80.0 Å². The number of hydrogen-bond donors (Lipinski definition) is 4. The van der Waals surface area contributed by atoms with Crippen LogP contribution in [0, 0.1) is 6.92 Å². The van der Waals surface area contributed by atoms with Crippen LogP contribution in [0.4, 0.5) is 5.69 Å². The minimum Gasteiger partial charge on any atom is -0.481 e. The number of nitrogens with one attached hydrogen (secondary N) is 4. The number of carbonyl (C=O) groups is 2. The molecule has 2 aliphatic rings. The van der Waals surface area contributed by atoms with Crippen molar-refractivity contribution in [2.24, 2.45) is 0 Å². The van der Waals surface area contributed by atoms with Crippen molar-refractivity contribution in [3.63, 3.8) is 0 Å². The van der Waals surface area contributed by atoms with Gasteiger partial charge in [0.1, 0.15) is 5.69 Å². The van der Waals surface area contributed by atoms with E-state index in [0.29, 0.717) is 71.4 Å². The number of ether oxygens (including phenoxy) is 2. The Morgan fingerprint density at radius 1 is 1.04 bits per heavy atom. The highest BCUT2D eigenvalue weighted by Gasteiger charge is 2.21. The molecule has 0 aliphatic carbocycles.